The van der Waals surface area contributed by atoms with Crippen LogP contribution in [0.1, 0.15) is 16.0 Å². The maximum atomic E-state index is 12.4. The molecule has 3 N–H and O–H groups in total. The van der Waals surface area contributed by atoms with E-state index in [1.165, 1.54) is 11.3 Å². The summed E-state index contributed by atoms with van der Waals surface area (Å²) in [5.41, 5.74) is 7.55. The van der Waals surface area contributed by atoms with E-state index in [0.717, 1.165) is 4.88 Å². The third-order valence-corrected chi connectivity index (χ3v) is 5.75. The van der Waals surface area contributed by atoms with Crippen LogP contribution in [-0.4, -0.2) is 8.42 Å². The SMILES string of the molecule is Cc1cc(N)cc(C)c1S(=O)(=O)NCc1ccc(Cl)s1. The van der Waals surface area contributed by atoms with Crippen molar-refractivity contribution in [3.05, 3.63) is 44.6 Å². The zero-order valence-corrected chi connectivity index (χ0v) is 13.5. The maximum Gasteiger partial charge on any atom is 0.241 e. The van der Waals surface area contributed by atoms with Gasteiger partial charge in [-0.3, -0.25) is 0 Å². The first kappa shape index (κ1) is 15.3. The average Bonchev–Trinajstić information content (AvgIpc) is 2.71. The normalized spacial score (nSPS) is 11.8. The molecule has 4 nitrogen and oxygen atoms in total. The van der Waals surface area contributed by atoms with Gasteiger partial charge < -0.3 is 5.73 Å². The summed E-state index contributed by atoms with van der Waals surface area (Å²) in [7, 11) is -3.57. The number of halogens is 1. The Bertz CT molecular complexity index is 716. The van der Waals surface area contributed by atoms with Crippen LogP contribution in [0.25, 0.3) is 0 Å². The minimum absolute atomic E-state index is 0.225. The van der Waals surface area contributed by atoms with Crippen LogP contribution in [0.4, 0.5) is 5.69 Å². The highest BCUT2D eigenvalue weighted by molar-refractivity contribution is 7.89. The van der Waals surface area contributed by atoms with Crippen molar-refractivity contribution in [2.75, 3.05) is 5.73 Å². The van der Waals surface area contributed by atoms with Crippen molar-refractivity contribution in [2.24, 2.45) is 0 Å². The van der Waals surface area contributed by atoms with Crippen LogP contribution >= 0.6 is 22.9 Å². The summed E-state index contributed by atoms with van der Waals surface area (Å²) in [6.07, 6.45) is 0. The van der Waals surface area contributed by atoms with Gasteiger partial charge in [0.15, 0.2) is 0 Å². The molecule has 108 valence electrons. The number of aryl methyl sites for hydroxylation is 2. The van der Waals surface area contributed by atoms with Gasteiger partial charge in [-0.25, -0.2) is 13.1 Å². The number of benzene rings is 1. The Morgan fingerprint density at radius 1 is 1.25 bits per heavy atom. The zero-order chi connectivity index (χ0) is 14.9. The number of thiophene rings is 1. The van der Waals surface area contributed by atoms with Gasteiger partial charge in [-0.2, -0.15) is 0 Å². The molecule has 0 aliphatic rings. The number of nitrogens with one attached hydrogen (secondary N) is 1. The summed E-state index contributed by atoms with van der Waals surface area (Å²) < 4.78 is 28.0. The van der Waals surface area contributed by atoms with Crippen LogP contribution in [0.5, 0.6) is 0 Å². The van der Waals surface area contributed by atoms with E-state index in [4.69, 9.17) is 17.3 Å². The average molecular weight is 331 g/mol. The molecule has 0 fully saturated rings. The predicted octanol–water partition coefficient (Wildman–Crippen LogP) is 3.08. The molecular formula is C13H15ClN2O2S2. The van der Waals surface area contributed by atoms with Gasteiger partial charge in [-0.1, -0.05) is 11.6 Å². The van der Waals surface area contributed by atoms with Crippen molar-refractivity contribution in [1.82, 2.24) is 4.72 Å². The van der Waals surface area contributed by atoms with E-state index in [0.29, 0.717) is 21.2 Å². The number of hydrogen-bond donors (Lipinski definition) is 2. The van der Waals surface area contributed by atoms with E-state index in [1.807, 2.05) is 0 Å². The molecule has 0 aliphatic carbocycles. The highest BCUT2D eigenvalue weighted by Crippen LogP contribution is 2.24. The Hall–Kier alpha value is -1.08. The molecule has 0 amide bonds. The molecule has 2 rings (SSSR count). The Balaban J connectivity index is 2.27. The largest absolute Gasteiger partial charge is 0.399 e. The lowest BCUT2D eigenvalue weighted by Crippen LogP contribution is -2.24. The molecule has 0 saturated heterocycles. The van der Waals surface area contributed by atoms with E-state index < -0.39 is 10.0 Å². The maximum absolute atomic E-state index is 12.4. The van der Waals surface area contributed by atoms with E-state index in [9.17, 15) is 8.42 Å². The highest BCUT2D eigenvalue weighted by atomic mass is 35.5. The summed E-state index contributed by atoms with van der Waals surface area (Å²) in [5, 5.41) is 0. The smallest absolute Gasteiger partial charge is 0.241 e. The van der Waals surface area contributed by atoms with Gasteiger partial charge in [0, 0.05) is 17.1 Å². The van der Waals surface area contributed by atoms with E-state index in [1.54, 1.807) is 38.1 Å². The zero-order valence-electron chi connectivity index (χ0n) is 11.1. The summed E-state index contributed by atoms with van der Waals surface area (Å²) in [4.78, 5) is 1.15. The lowest BCUT2D eigenvalue weighted by atomic mass is 10.1. The summed E-state index contributed by atoms with van der Waals surface area (Å²) in [5.74, 6) is 0. The van der Waals surface area contributed by atoms with Crippen molar-refractivity contribution < 1.29 is 8.42 Å². The van der Waals surface area contributed by atoms with Crippen LogP contribution in [0.2, 0.25) is 4.34 Å². The van der Waals surface area contributed by atoms with E-state index in [2.05, 4.69) is 4.72 Å². The fourth-order valence-corrected chi connectivity index (χ4v) is 4.67. The molecule has 0 radical (unpaired) electrons. The topological polar surface area (TPSA) is 72.2 Å². The Kier molecular flexibility index (Phi) is 4.39. The second kappa shape index (κ2) is 5.73. The number of sulfonamides is 1. The van der Waals surface area contributed by atoms with Crippen molar-refractivity contribution in [3.63, 3.8) is 0 Å². The first-order chi connectivity index (χ1) is 9.29. The van der Waals surface area contributed by atoms with Gasteiger partial charge in [0.1, 0.15) is 0 Å². The molecule has 20 heavy (non-hydrogen) atoms. The molecule has 7 heteroatoms. The van der Waals surface area contributed by atoms with Crippen LogP contribution in [-0.2, 0) is 16.6 Å². The predicted molar refractivity (Wildman–Crippen MR) is 83.7 cm³/mol. The first-order valence-corrected chi connectivity index (χ1v) is 8.58. The number of nitrogen functional groups attached to an aromatic ring is 1. The van der Waals surface area contributed by atoms with Crippen molar-refractivity contribution in [1.29, 1.82) is 0 Å². The first-order valence-electron chi connectivity index (χ1n) is 5.90. The quantitative estimate of drug-likeness (QED) is 0.846. The molecule has 1 heterocycles. The van der Waals surface area contributed by atoms with Gasteiger partial charge in [0.25, 0.3) is 0 Å². The molecule has 0 spiro atoms. The molecule has 0 bridgehead atoms. The van der Waals surface area contributed by atoms with E-state index >= 15 is 0 Å². The lowest BCUT2D eigenvalue weighted by molar-refractivity contribution is 0.580. The monoisotopic (exact) mass is 330 g/mol. The fraction of sp³-hybridized carbons (Fsp3) is 0.231. The van der Waals surface area contributed by atoms with Gasteiger partial charge in [-0.15, -0.1) is 11.3 Å². The number of rotatable bonds is 4. The minimum atomic E-state index is -3.57. The Morgan fingerprint density at radius 2 is 1.85 bits per heavy atom. The van der Waals surface area contributed by atoms with Crippen LogP contribution in [0, 0.1) is 13.8 Å². The molecule has 0 saturated carbocycles. The molecular weight excluding hydrogens is 316 g/mol. The van der Waals surface area contributed by atoms with Crippen molar-refractivity contribution >= 4 is 38.6 Å². The van der Waals surface area contributed by atoms with Gasteiger partial charge >= 0.3 is 0 Å². The van der Waals surface area contributed by atoms with Gasteiger partial charge in [0.05, 0.1) is 9.23 Å². The number of hydrogen-bond acceptors (Lipinski definition) is 4. The third-order valence-electron chi connectivity index (χ3n) is 2.82. The van der Waals surface area contributed by atoms with Gasteiger partial charge in [-0.05, 0) is 49.2 Å². The highest BCUT2D eigenvalue weighted by Gasteiger charge is 2.19. The Morgan fingerprint density at radius 3 is 2.35 bits per heavy atom. The lowest BCUT2D eigenvalue weighted by Gasteiger charge is -2.12. The Labute approximate surface area is 127 Å². The van der Waals surface area contributed by atoms with Crippen LogP contribution < -0.4 is 10.5 Å². The molecule has 1 aromatic carbocycles. The summed E-state index contributed by atoms with van der Waals surface area (Å²) in [6, 6.07) is 6.86. The van der Waals surface area contributed by atoms with Crippen LogP contribution in [0.3, 0.4) is 0 Å². The summed E-state index contributed by atoms with van der Waals surface area (Å²) in [6.45, 7) is 3.70. The molecule has 1 aromatic heterocycles. The van der Waals surface area contributed by atoms with Crippen molar-refractivity contribution in [2.45, 2.75) is 25.3 Å². The third kappa shape index (κ3) is 3.32. The molecule has 0 unspecified atom stereocenters. The second-order valence-electron chi connectivity index (χ2n) is 4.51. The molecule has 0 atom stereocenters. The van der Waals surface area contributed by atoms with E-state index in [-0.39, 0.29) is 11.4 Å². The van der Waals surface area contributed by atoms with Crippen LogP contribution in [0.15, 0.2) is 29.2 Å². The van der Waals surface area contributed by atoms with Crippen molar-refractivity contribution in [3.8, 4) is 0 Å². The number of anilines is 1. The number of nitrogens with two attached hydrogens (primary N) is 1. The van der Waals surface area contributed by atoms with Gasteiger partial charge in [0.2, 0.25) is 10.0 Å². The second-order valence-corrected chi connectivity index (χ2v) is 8.02. The fourth-order valence-electron chi connectivity index (χ4n) is 2.09. The molecule has 0 aliphatic heterocycles. The summed E-state index contributed by atoms with van der Waals surface area (Å²) >= 11 is 7.18. The molecule has 2 aromatic rings. The standard InChI is InChI=1S/C13H15ClN2O2S2/c1-8-5-10(15)6-9(2)13(8)20(17,18)16-7-11-3-4-12(14)19-11/h3-6,16H,7,15H2,1-2H3. The minimum Gasteiger partial charge on any atom is -0.399 e.